The highest BCUT2D eigenvalue weighted by atomic mass is 19.1. The van der Waals surface area contributed by atoms with E-state index in [1.165, 1.54) is 18.6 Å². The van der Waals surface area contributed by atoms with E-state index in [-0.39, 0.29) is 11.6 Å². The third-order valence-corrected chi connectivity index (χ3v) is 4.66. The molecule has 0 spiro atoms. The number of ketones is 1. The van der Waals surface area contributed by atoms with Crippen LogP contribution in [-0.2, 0) is 0 Å². The molecule has 0 atom stereocenters. The molecule has 0 aliphatic heterocycles. The van der Waals surface area contributed by atoms with E-state index in [0.29, 0.717) is 16.7 Å². The van der Waals surface area contributed by atoms with Crippen molar-refractivity contribution >= 4 is 16.8 Å². The summed E-state index contributed by atoms with van der Waals surface area (Å²) in [6.45, 7) is 0. The van der Waals surface area contributed by atoms with Gasteiger partial charge in [0.25, 0.3) is 0 Å². The zero-order chi connectivity index (χ0) is 15.0. The lowest BCUT2D eigenvalue weighted by atomic mass is 9.77. The molecule has 1 aromatic heterocycles. The minimum absolute atomic E-state index is 0.0174. The van der Waals surface area contributed by atoms with Crippen LogP contribution in [0.4, 0.5) is 4.39 Å². The molecular formula is C17H20FNO2. The number of benzene rings is 1. The predicted molar refractivity (Wildman–Crippen MR) is 80.0 cm³/mol. The zero-order valence-corrected chi connectivity index (χ0v) is 12.5. The Morgan fingerprint density at radius 1 is 1.19 bits per heavy atom. The monoisotopic (exact) mass is 289 g/mol. The van der Waals surface area contributed by atoms with Gasteiger partial charge < -0.3 is 4.42 Å². The van der Waals surface area contributed by atoms with Crippen LogP contribution >= 0.6 is 0 Å². The van der Waals surface area contributed by atoms with E-state index in [1.54, 1.807) is 12.1 Å². The van der Waals surface area contributed by atoms with Crippen molar-refractivity contribution in [2.24, 2.45) is 0 Å². The first-order valence-electron chi connectivity index (χ1n) is 7.44. The van der Waals surface area contributed by atoms with E-state index in [2.05, 4.69) is 0 Å². The van der Waals surface area contributed by atoms with Crippen molar-refractivity contribution in [3.63, 3.8) is 0 Å². The molecule has 1 saturated carbocycles. The number of nitrogens with zero attached hydrogens (tertiary/aromatic N) is 1. The van der Waals surface area contributed by atoms with Crippen LogP contribution in [0.15, 0.2) is 28.7 Å². The second-order valence-corrected chi connectivity index (χ2v) is 6.11. The highest BCUT2D eigenvalue weighted by Gasteiger charge is 2.43. The molecule has 0 amide bonds. The third-order valence-electron chi connectivity index (χ3n) is 4.66. The van der Waals surface area contributed by atoms with Gasteiger partial charge in [-0.15, -0.1) is 0 Å². The molecule has 4 heteroatoms. The number of carbonyl (C=O) groups excluding carboxylic acids is 1. The smallest absolute Gasteiger partial charge is 0.218 e. The summed E-state index contributed by atoms with van der Waals surface area (Å²) in [7, 11) is 3.90. The summed E-state index contributed by atoms with van der Waals surface area (Å²) in [4.78, 5) is 15.0. The van der Waals surface area contributed by atoms with Crippen LogP contribution in [0.3, 0.4) is 0 Å². The van der Waals surface area contributed by atoms with Crippen LogP contribution < -0.4 is 0 Å². The van der Waals surface area contributed by atoms with Gasteiger partial charge >= 0.3 is 0 Å². The number of Topliss-reactive ketones (excluding diaryl/α,β-unsaturated/α-hetero) is 1. The van der Waals surface area contributed by atoms with Gasteiger partial charge in [-0.2, -0.15) is 0 Å². The second kappa shape index (κ2) is 5.26. The highest BCUT2D eigenvalue weighted by Crippen LogP contribution is 2.36. The number of carbonyl (C=O) groups is 1. The molecular weight excluding hydrogens is 269 g/mol. The van der Waals surface area contributed by atoms with E-state index in [4.69, 9.17) is 4.42 Å². The van der Waals surface area contributed by atoms with Crippen LogP contribution in [0.1, 0.15) is 42.7 Å². The first-order chi connectivity index (χ1) is 10.0. The van der Waals surface area contributed by atoms with Gasteiger partial charge in [-0.3, -0.25) is 9.69 Å². The van der Waals surface area contributed by atoms with Gasteiger partial charge in [-0.05, 0) is 51.2 Å². The van der Waals surface area contributed by atoms with Gasteiger partial charge in [0, 0.05) is 5.39 Å². The van der Waals surface area contributed by atoms with E-state index in [1.807, 2.05) is 19.0 Å². The Labute approximate surface area is 123 Å². The molecule has 1 fully saturated rings. The largest absolute Gasteiger partial charge is 0.453 e. The molecule has 0 radical (unpaired) electrons. The molecule has 21 heavy (non-hydrogen) atoms. The summed E-state index contributed by atoms with van der Waals surface area (Å²) in [5.41, 5.74) is 0.0782. The van der Waals surface area contributed by atoms with Crippen molar-refractivity contribution in [3.05, 3.63) is 35.8 Å². The van der Waals surface area contributed by atoms with Gasteiger partial charge in [-0.1, -0.05) is 19.3 Å². The molecule has 2 aromatic rings. The van der Waals surface area contributed by atoms with Crippen LogP contribution in [0.5, 0.6) is 0 Å². The van der Waals surface area contributed by atoms with Crippen LogP contribution in [0.2, 0.25) is 0 Å². The maximum atomic E-state index is 13.3. The van der Waals surface area contributed by atoms with Gasteiger partial charge in [0.1, 0.15) is 11.4 Å². The molecule has 3 nitrogen and oxygen atoms in total. The summed E-state index contributed by atoms with van der Waals surface area (Å²) >= 11 is 0. The predicted octanol–water partition coefficient (Wildman–Crippen LogP) is 4.02. The van der Waals surface area contributed by atoms with Gasteiger partial charge in [0.2, 0.25) is 5.78 Å². The van der Waals surface area contributed by atoms with Gasteiger partial charge in [-0.25, -0.2) is 4.39 Å². The topological polar surface area (TPSA) is 33.5 Å². The number of fused-ring (bicyclic) bond motifs is 1. The Morgan fingerprint density at radius 2 is 1.90 bits per heavy atom. The fraction of sp³-hybridized carbons (Fsp3) is 0.471. The molecule has 1 aliphatic carbocycles. The lowest BCUT2D eigenvalue weighted by Crippen LogP contribution is -2.52. The number of rotatable bonds is 3. The minimum Gasteiger partial charge on any atom is -0.453 e. The van der Waals surface area contributed by atoms with Crippen LogP contribution in [-0.4, -0.2) is 30.3 Å². The van der Waals surface area contributed by atoms with Gasteiger partial charge in [0.15, 0.2) is 5.76 Å². The third kappa shape index (κ3) is 2.38. The fourth-order valence-electron chi connectivity index (χ4n) is 3.37. The lowest BCUT2D eigenvalue weighted by molar-refractivity contribution is 0.0536. The molecule has 1 aromatic carbocycles. The average Bonchev–Trinajstić information content (AvgIpc) is 2.89. The molecule has 3 rings (SSSR count). The zero-order valence-electron chi connectivity index (χ0n) is 12.5. The van der Waals surface area contributed by atoms with Crippen molar-refractivity contribution in [2.45, 2.75) is 37.6 Å². The summed E-state index contributed by atoms with van der Waals surface area (Å²) in [6, 6.07) is 5.99. The Morgan fingerprint density at radius 3 is 2.57 bits per heavy atom. The molecule has 1 heterocycles. The van der Waals surface area contributed by atoms with Crippen LogP contribution in [0.25, 0.3) is 11.0 Å². The van der Waals surface area contributed by atoms with Crippen molar-refractivity contribution in [1.82, 2.24) is 4.90 Å². The number of furan rings is 1. The standard InChI is InChI=1S/C17H20FNO2/c1-19(2)17(8-4-3-5-9-17)16(20)15-11-12-10-13(18)6-7-14(12)21-15/h6-7,10-11H,3-5,8-9H2,1-2H3. The molecule has 1 aliphatic rings. The number of halogens is 1. The van der Waals surface area contributed by atoms with E-state index < -0.39 is 5.54 Å². The maximum Gasteiger partial charge on any atom is 0.218 e. The molecule has 0 saturated heterocycles. The maximum absolute atomic E-state index is 13.3. The van der Waals surface area contributed by atoms with Crippen molar-refractivity contribution in [1.29, 1.82) is 0 Å². The summed E-state index contributed by atoms with van der Waals surface area (Å²) in [5.74, 6) is 0.0392. The number of likely N-dealkylation sites (N-methyl/N-ethyl adjacent to an activating group) is 1. The lowest BCUT2D eigenvalue weighted by Gasteiger charge is -2.40. The normalized spacial score (nSPS) is 18.3. The first kappa shape index (κ1) is 14.3. The van der Waals surface area contributed by atoms with E-state index >= 15 is 0 Å². The van der Waals surface area contributed by atoms with Gasteiger partial charge in [0.05, 0.1) is 5.54 Å². The average molecular weight is 289 g/mol. The highest BCUT2D eigenvalue weighted by molar-refractivity contribution is 6.03. The summed E-state index contributed by atoms with van der Waals surface area (Å²) in [6.07, 6.45) is 4.99. The van der Waals surface area contributed by atoms with Crippen molar-refractivity contribution in [3.8, 4) is 0 Å². The molecule has 0 N–H and O–H groups in total. The second-order valence-electron chi connectivity index (χ2n) is 6.11. The van der Waals surface area contributed by atoms with Crippen molar-refractivity contribution in [2.75, 3.05) is 14.1 Å². The molecule has 0 unspecified atom stereocenters. The summed E-state index contributed by atoms with van der Waals surface area (Å²) in [5, 5.41) is 0.642. The fourth-order valence-corrected chi connectivity index (χ4v) is 3.37. The Hall–Kier alpha value is -1.68. The van der Waals surface area contributed by atoms with Crippen molar-refractivity contribution < 1.29 is 13.6 Å². The molecule has 0 bridgehead atoms. The Bertz CT molecular complexity index is 668. The van der Waals surface area contributed by atoms with E-state index in [9.17, 15) is 9.18 Å². The summed E-state index contributed by atoms with van der Waals surface area (Å²) < 4.78 is 18.9. The Balaban J connectivity index is 2.01. The van der Waals surface area contributed by atoms with Crippen LogP contribution in [0, 0.1) is 5.82 Å². The number of hydrogen-bond acceptors (Lipinski definition) is 3. The SMILES string of the molecule is CN(C)C1(C(=O)c2cc3cc(F)ccc3o2)CCCCC1. The minimum atomic E-state index is -0.481. The first-order valence-corrected chi connectivity index (χ1v) is 7.44. The van der Waals surface area contributed by atoms with E-state index in [0.717, 1.165) is 25.7 Å². The number of hydrogen-bond donors (Lipinski definition) is 0. The quantitative estimate of drug-likeness (QED) is 0.800. The Kier molecular flexibility index (Phi) is 3.57. The molecule has 112 valence electrons.